The van der Waals surface area contributed by atoms with Gasteiger partial charge in [-0.15, -0.1) is 6.58 Å². The van der Waals surface area contributed by atoms with Gasteiger partial charge in [0.25, 0.3) is 0 Å². The van der Waals surface area contributed by atoms with Gasteiger partial charge in [-0.25, -0.2) is 0 Å². The van der Waals surface area contributed by atoms with Crippen LogP contribution in [0.1, 0.15) is 156 Å². The zero-order valence-corrected chi connectivity index (χ0v) is 27.0. The van der Waals surface area contributed by atoms with Crippen molar-refractivity contribution in [3.8, 4) is 0 Å². The van der Waals surface area contributed by atoms with E-state index in [1.165, 1.54) is 109 Å². The largest absolute Gasteiger partial charge is 0.394 e. The van der Waals surface area contributed by atoms with Crippen molar-refractivity contribution in [2.75, 3.05) is 26.4 Å². The van der Waals surface area contributed by atoms with Crippen molar-refractivity contribution in [2.24, 2.45) is 0 Å². The molecule has 1 heterocycles. The van der Waals surface area contributed by atoms with E-state index in [1.54, 1.807) is 6.08 Å². The van der Waals surface area contributed by atoms with Gasteiger partial charge in [-0.05, 0) is 12.8 Å². The summed E-state index contributed by atoms with van der Waals surface area (Å²) in [5.74, 6) is 0. The summed E-state index contributed by atoms with van der Waals surface area (Å²) in [6, 6.07) is 0. The van der Waals surface area contributed by atoms with Crippen LogP contribution >= 0.6 is 0 Å². The normalized spacial score (nSPS) is 23.9. The zero-order chi connectivity index (χ0) is 30.7. The first-order valence-corrected chi connectivity index (χ1v) is 17.4. The summed E-state index contributed by atoms with van der Waals surface area (Å²) in [7, 11) is 0. The van der Waals surface area contributed by atoms with Crippen LogP contribution in [0.4, 0.5) is 0 Å². The van der Waals surface area contributed by atoms with Gasteiger partial charge in [0.2, 0.25) is 0 Å². The number of aliphatic hydroxyl groups excluding tert-OH is 2. The van der Waals surface area contributed by atoms with Gasteiger partial charge in [0.1, 0.15) is 24.4 Å². The Kier molecular flexibility index (Phi) is 25.3. The highest BCUT2D eigenvalue weighted by atomic mass is 16.7. The molecule has 0 saturated carbocycles. The Morgan fingerprint density at radius 2 is 1.12 bits per heavy atom. The number of aliphatic hydroxyl groups is 2. The fourth-order valence-corrected chi connectivity index (χ4v) is 5.55. The van der Waals surface area contributed by atoms with Crippen molar-refractivity contribution in [3.05, 3.63) is 12.7 Å². The molecule has 0 aromatic heterocycles. The summed E-state index contributed by atoms with van der Waals surface area (Å²) in [6.07, 6.45) is 24.3. The maximum Gasteiger partial charge on any atom is 0.187 e. The SMILES string of the molecule is [2H]C(CCCCCCCCCCCCC)O[C@H]1C(OCC=C)O[C@H](CO)[C@@H](O)[C@@H]1OCCCCCCCCCCCC. The molecule has 41 heavy (non-hydrogen) atoms. The first-order valence-electron chi connectivity index (χ1n) is 18.0. The number of rotatable bonds is 30. The van der Waals surface area contributed by atoms with E-state index in [0.717, 1.165) is 25.7 Å². The van der Waals surface area contributed by atoms with E-state index in [0.29, 0.717) is 13.0 Å². The van der Waals surface area contributed by atoms with Gasteiger partial charge in [0.15, 0.2) is 6.29 Å². The summed E-state index contributed by atoms with van der Waals surface area (Å²) in [6.45, 7) is 7.86. The van der Waals surface area contributed by atoms with E-state index in [4.69, 9.17) is 20.3 Å². The maximum absolute atomic E-state index is 11.0. The standard InChI is InChI=1S/C35H68O6/c1-4-7-9-11-13-15-17-18-20-22-24-26-29-39-34-33(32(37)31(30-36)41-35(34)40-27-6-3)38-28-25-23-21-19-16-14-12-10-8-5-2/h6,31-37H,3-5,7-30H2,1-2H3/t31-,32-,33+,34-,35?/m1/s1/i29D/t29?,31-,32-,33+,34-,35?. The Hall–Kier alpha value is -0.500. The molecule has 0 spiro atoms. The topological polar surface area (TPSA) is 77.4 Å². The molecule has 1 rings (SSSR count). The lowest BCUT2D eigenvalue weighted by Gasteiger charge is -2.43. The van der Waals surface area contributed by atoms with Crippen LogP contribution in [-0.2, 0) is 18.9 Å². The fourth-order valence-electron chi connectivity index (χ4n) is 5.55. The van der Waals surface area contributed by atoms with E-state index < -0.39 is 37.3 Å². The summed E-state index contributed by atoms with van der Waals surface area (Å²) in [5, 5.41) is 20.8. The van der Waals surface area contributed by atoms with Gasteiger partial charge < -0.3 is 29.2 Å². The molecule has 2 unspecified atom stereocenters. The summed E-state index contributed by atoms with van der Waals surface area (Å²) in [4.78, 5) is 0. The van der Waals surface area contributed by atoms with Gasteiger partial charge in [-0.3, -0.25) is 0 Å². The number of hydrogen-bond donors (Lipinski definition) is 2. The van der Waals surface area contributed by atoms with Crippen LogP contribution in [0.25, 0.3) is 0 Å². The lowest BCUT2D eigenvalue weighted by Crippen LogP contribution is -2.61. The number of ether oxygens (including phenoxy) is 4. The second-order valence-electron chi connectivity index (χ2n) is 11.9. The molecule has 6 nitrogen and oxygen atoms in total. The maximum atomic E-state index is 11.0. The molecule has 244 valence electrons. The molecule has 0 radical (unpaired) electrons. The first kappa shape index (κ1) is 36.7. The van der Waals surface area contributed by atoms with Crippen LogP contribution in [0.2, 0.25) is 0 Å². The van der Waals surface area contributed by atoms with Crippen molar-refractivity contribution in [1.29, 1.82) is 0 Å². The molecular weight excluding hydrogens is 516 g/mol. The van der Waals surface area contributed by atoms with Gasteiger partial charge in [0, 0.05) is 13.2 Å². The van der Waals surface area contributed by atoms with Gasteiger partial charge in [-0.2, -0.15) is 0 Å². The molecule has 0 aromatic carbocycles. The molecule has 1 fully saturated rings. The van der Waals surface area contributed by atoms with E-state index in [1.807, 2.05) is 0 Å². The average Bonchev–Trinajstić information content (AvgIpc) is 2.99. The second-order valence-corrected chi connectivity index (χ2v) is 11.9. The highest BCUT2D eigenvalue weighted by Crippen LogP contribution is 2.27. The Bertz CT molecular complexity index is 594. The predicted molar refractivity (Wildman–Crippen MR) is 170 cm³/mol. The molecule has 2 N–H and O–H groups in total. The lowest BCUT2D eigenvalue weighted by atomic mass is 9.98. The van der Waals surface area contributed by atoms with Crippen LogP contribution in [0.5, 0.6) is 0 Å². The van der Waals surface area contributed by atoms with Crippen molar-refractivity contribution < 1.29 is 30.5 Å². The third-order valence-corrected chi connectivity index (χ3v) is 8.16. The second kappa shape index (κ2) is 28.3. The molecule has 1 aliphatic heterocycles. The summed E-state index contributed by atoms with van der Waals surface area (Å²) in [5.41, 5.74) is 0. The van der Waals surface area contributed by atoms with Crippen molar-refractivity contribution in [2.45, 2.75) is 186 Å². The van der Waals surface area contributed by atoms with Crippen molar-refractivity contribution in [3.63, 3.8) is 0 Å². The Labute approximate surface area is 255 Å². The highest BCUT2D eigenvalue weighted by molar-refractivity contribution is 4.92. The minimum atomic E-state index is -1.05. The lowest BCUT2D eigenvalue weighted by molar-refractivity contribution is -0.314. The van der Waals surface area contributed by atoms with E-state index in [2.05, 4.69) is 20.4 Å². The Morgan fingerprint density at radius 3 is 1.59 bits per heavy atom. The molecule has 0 aromatic rings. The zero-order valence-electron chi connectivity index (χ0n) is 28.0. The third kappa shape index (κ3) is 19.4. The van der Waals surface area contributed by atoms with Gasteiger partial charge >= 0.3 is 0 Å². The fraction of sp³-hybridized carbons (Fsp3) is 0.943. The van der Waals surface area contributed by atoms with Crippen LogP contribution in [0.3, 0.4) is 0 Å². The quantitative estimate of drug-likeness (QED) is 0.0649. The van der Waals surface area contributed by atoms with Gasteiger partial charge in [0.05, 0.1) is 14.6 Å². The van der Waals surface area contributed by atoms with E-state index in [-0.39, 0.29) is 13.2 Å². The van der Waals surface area contributed by atoms with Crippen molar-refractivity contribution >= 4 is 0 Å². The average molecular weight is 586 g/mol. The summed E-state index contributed by atoms with van der Waals surface area (Å²) < 4.78 is 32.6. The van der Waals surface area contributed by atoms with Crippen LogP contribution in [-0.4, -0.2) is 67.3 Å². The highest BCUT2D eigenvalue weighted by Gasteiger charge is 2.47. The molecule has 6 heteroatoms. The third-order valence-electron chi connectivity index (χ3n) is 8.16. The Balaban J connectivity index is 2.44. The number of unbranched alkanes of at least 4 members (excludes halogenated alkanes) is 19. The van der Waals surface area contributed by atoms with Crippen LogP contribution < -0.4 is 0 Å². The number of hydrogen-bond acceptors (Lipinski definition) is 6. The molecule has 6 atom stereocenters. The summed E-state index contributed by atoms with van der Waals surface area (Å²) >= 11 is 0. The van der Waals surface area contributed by atoms with E-state index in [9.17, 15) is 10.2 Å². The van der Waals surface area contributed by atoms with Crippen molar-refractivity contribution in [1.82, 2.24) is 0 Å². The molecule has 1 saturated heterocycles. The molecular formula is C35H68O6. The monoisotopic (exact) mass is 586 g/mol. The Morgan fingerprint density at radius 1 is 0.659 bits per heavy atom. The first-order chi connectivity index (χ1) is 20.6. The minimum absolute atomic E-state index is 0.241. The molecule has 1 aliphatic rings. The van der Waals surface area contributed by atoms with Crippen LogP contribution in [0.15, 0.2) is 12.7 Å². The molecule has 0 bridgehead atoms. The minimum Gasteiger partial charge on any atom is -0.394 e. The predicted octanol–water partition coefficient (Wildman–Crippen LogP) is 8.66. The van der Waals surface area contributed by atoms with Crippen LogP contribution in [0, 0.1) is 0 Å². The molecule has 0 amide bonds. The van der Waals surface area contributed by atoms with E-state index >= 15 is 0 Å². The smallest absolute Gasteiger partial charge is 0.187 e. The van der Waals surface area contributed by atoms with Gasteiger partial charge in [-0.1, -0.05) is 148 Å². The molecule has 0 aliphatic carbocycles.